The van der Waals surface area contributed by atoms with Crippen LogP contribution >= 0.6 is 0 Å². The quantitative estimate of drug-likeness (QED) is 0.615. The van der Waals surface area contributed by atoms with Crippen LogP contribution in [-0.4, -0.2) is 42.3 Å². The first-order valence-corrected chi connectivity index (χ1v) is 12.0. The van der Waals surface area contributed by atoms with Crippen LogP contribution in [0.25, 0.3) is 0 Å². The van der Waals surface area contributed by atoms with E-state index in [-0.39, 0.29) is 12.2 Å². The van der Waals surface area contributed by atoms with E-state index in [0.29, 0.717) is 18.5 Å². The number of alkyl carbamates (subject to hydrolysis) is 1. The van der Waals surface area contributed by atoms with E-state index < -0.39 is 0 Å². The predicted molar refractivity (Wildman–Crippen MR) is 117 cm³/mol. The average molecular weight is 399 g/mol. The lowest BCUT2D eigenvalue weighted by atomic mass is 9.79. The summed E-state index contributed by atoms with van der Waals surface area (Å²) in [5.74, 6) is 1.27. The van der Waals surface area contributed by atoms with Gasteiger partial charge in [-0.05, 0) is 63.0 Å². The highest BCUT2D eigenvalue weighted by atomic mass is 16.6. The van der Waals surface area contributed by atoms with Crippen LogP contribution in [-0.2, 0) is 11.2 Å². The van der Waals surface area contributed by atoms with Crippen LogP contribution in [0.2, 0.25) is 0 Å². The Kier molecular flexibility index (Phi) is 7.12. The molecule has 5 atom stereocenters. The highest BCUT2D eigenvalue weighted by molar-refractivity contribution is 5.67. The lowest BCUT2D eigenvalue weighted by Crippen LogP contribution is -2.55. The van der Waals surface area contributed by atoms with Crippen LogP contribution in [0.4, 0.5) is 4.79 Å². The number of nitrogens with zero attached hydrogens (tertiary/aromatic N) is 1. The molecule has 4 nitrogen and oxygen atoms in total. The van der Waals surface area contributed by atoms with Crippen molar-refractivity contribution in [3.8, 4) is 0 Å². The van der Waals surface area contributed by atoms with Crippen LogP contribution in [0.3, 0.4) is 0 Å². The first-order chi connectivity index (χ1) is 14.3. The number of hydrogen-bond acceptors (Lipinski definition) is 3. The van der Waals surface area contributed by atoms with Gasteiger partial charge in [-0.2, -0.15) is 0 Å². The molecule has 0 spiro atoms. The van der Waals surface area contributed by atoms with Crippen LogP contribution in [0.1, 0.15) is 70.3 Å². The minimum absolute atomic E-state index is 0.117. The summed E-state index contributed by atoms with van der Waals surface area (Å²) < 4.78 is 6.00. The third-order valence-electron chi connectivity index (χ3n) is 7.51. The number of unbranched alkanes of at least 4 members (excludes halogenated alkanes) is 1. The van der Waals surface area contributed by atoms with Crippen molar-refractivity contribution >= 4 is 6.09 Å². The van der Waals surface area contributed by atoms with E-state index in [9.17, 15) is 4.79 Å². The molecule has 2 bridgehead atoms. The second-order valence-electron chi connectivity index (χ2n) is 9.37. The van der Waals surface area contributed by atoms with Crippen molar-refractivity contribution in [3.63, 3.8) is 0 Å². The molecule has 1 aliphatic carbocycles. The Bertz CT molecular complexity index is 649. The molecular formula is C25H38N2O2. The van der Waals surface area contributed by atoms with Crippen molar-refractivity contribution < 1.29 is 9.53 Å². The molecule has 1 aromatic rings. The fourth-order valence-corrected chi connectivity index (χ4v) is 6.17. The van der Waals surface area contributed by atoms with E-state index in [2.05, 4.69) is 41.4 Å². The van der Waals surface area contributed by atoms with Crippen molar-refractivity contribution in [3.05, 3.63) is 35.9 Å². The smallest absolute Gasteiger partial charge is 0.407 e. The largest absolute Gasteiger partial charge is 0.446 e. The molecule has 1 saturated carbocycles. The summed E-state index contributed by atoms with van der Waals surface area (Å²) in [5.41, 5.74) is 1.32. The number of carbonyl (C=O) groups is 1. The lowest BCUT2D eigenvalue weighted by molar-refractivity contribution is -0.0191. The van der Waals surface area contributed by atoms with Crippen molar-refractivity contribution in [2.45, 2.75) is 89.3 Å². The fraction of sp³-hybridized carbons (Fsp3) is 0.720. The zero-order valence-electron chi connectivity index (χ0n) is 18.0. The maximum Gasteiger partial charge on any atom is 0.407 e. The molecule has 160 valence electrons. The molecule has 2 saturated heterocycles. The molecule has 2 heterocycles. The summed E-state index contributed by atoms with van der Waals surface area (Å²) in [7, 11) is 0. The van der Waals surface area contributed by atoms with E-state index in [4.69, 9.17) is 4.74 Å². The zero-order valence-corrected chi connectivity index (χ0v) is 18.0. The molecule has 0 aromatic heterocycles. The summed E-state index contributed by atoms with van der Waals surface area (Å²) in [6.45, 7) is 4.23. The Morgan fingerprint density at radius 1 is 1.17 bits per heavy atom. The van der Waals surface area contributed by atoms with Crippen molar-refractivity contribution in [1.82, 2.24) is 10.2 Å². The second-order valence-corrected chi connectivity index (χ2v) is 9.37. The van der Waals surface area contributed by atoms with E-state index >= 15 is 0 Å². The Hall–Kier alpha value is -1.55. The summed E-state index contributed by atoms with van der Waals surface area (Å²) in [4.78, 5) is 15.3. The van der Waals surface area contributed by atoms with Gasteiger partial charge < -0.3 is 10.1 Å². The minimum Gasteiger partial charge on any atom is -0.446 e. The van der Waals surface area contributed by atoms with Gasteiger partial charge in [0.25, 0.3) is 0 Å². The van der Waals surface area contributed by atoms with E-state index in [1.165, 1.54) is 57.1 Å². The second kappa shape index (κ2) is 9.97. The van der Waals surface area contributed by atoms with Gasteiger partial charge in [0.1, 0.15) is 6.10 Å². The summed E-state index contributed by atoms with van der Waals surface area (Å²) in [6.07, 6.45) is 12.1. The molecule has 3 fully saturated rings. The highest BCUT2D eigenvalue weighted by Crippen LogP contribution is 2.49. The number of piperidine rings is 2. The van der Waals surface area contributed by atoms with Crippen molar-refractivity contribution in [2.75, 3.05) is 13.1 Å². The summed E-state index contributed by atoms with van der Waals surface area (Å²) in [6, 6.07) is 11.8. The maximum absolute atomic E-state index is 12.5. The Morgan fingerprint density at radius 2 is 2.03 bits per heavy atom. The van der Waals surface area contributed by atoms with E-state index in [1.54, 1.807) is 0 Å². The van der Waals surface area contributed by atoms with Gasteiger partial charge in [-0.1, -0.05) is 56.5 Å². The van der Waals surface area contributed by atoms with Gasteiger partial charge in [-0.15, -0.1) is 0 Å². The monoisotopic (exact) mass is 398 g/mol. The molecule has 1 aromatic carbocycles. The molecule has 0 radical (unpaired) electrons. The van der Waals surface area contributed by atoms with Crippen LogP contribution in [0.15, 0.2) is 30.3 Å². The van der Waals surface area contributed by atoms with Gasteiger partial charge in [-0.25, -0.2) is 4.79 Å². The zero-order chi connectivity index (χ0) is 20.1. The number of fused-ring (bicyclic) bond motifs is 4. The molecule has 3 aliphatic rings. The van der Waals surface area contributed by atoms with E-state index in [1.807, 2.05) is 6.07 Å². The molecule has 1 N–H and O–H groups in total. The van der Waals surface area contributed by atoms with Crippen molar-refractivity contribution in [1.29, 1.82) is 0 Å². The Labute approximate surface area is 176 Å². The summed E-state index contributed by atoms with van der Waals surface area (Å²) in [5, 5.41) is 3.00. The third kappa shape index (κ3) is 4.96. The number of nitrogens with one attached hydrogen (secondary N) is 1. The van der Waals surface area contributed by atoms with Gasteiger partial charge in [0, 0.05) is 24.5 Å². The first-order valence-electron chi connectivity index (χ1n) is 12.0. The van der Waals surface area contributed by atoms with Gasteiger partial charge in [-0.3, -0.25) is 4.90 Å². The molecule has 3 unspecified atom stereocenters. The number of ether oxygens (including phenoxy) is 1. The molecule has 4 rings (SSSR count). The number of rotatable bonds is 8. The normalized spacial score (nSPS) is 31.3. The summed E-state index contributed by atoms with van der Waals surface area (Å²) >= 11 is 0. The number of hydrogen-bond donors (Lipinski definition) is 1. The van der Waals surface area contributed by atoms with Gasteiger partial charge in [0.15, 0.2) is 0 Å². The standard InChI is InChI=1S/C25H38N2O2/c1-2-3-13-22-20-17-21(23-14-7-8-16-27(22)23)24(18-20)29-25(28)26-15-9-12-19-10-5-4-6-11-19/h4-6,10-11,20-24H,2-3,7-9,12-18H2,1H3,(H,26,28)/t20?,21?,22-,23+,24?/m0/s1. The molecule has 2 aliphatic heterocycles. The van der Waals surface area contributed by atoms with Gasteiger partial charge in [0.05, 0.1) is 0 Å². The van der Waals surface area contributed by atoms with Crippen LogP contribution < -0.4 is 5.32 Å². The van der Waals surface area contributed by atoms with Crippen LogP contribution in [0.5, 0.6) is 0 Å². The molecular weight excluding hydrogens is 360 g/mol. The number of amides is 1. The predicted octanol–water partition coefficient (Wildman–Crippen LogP) is 5.17. The minimum atomic E-state index is -0.205. The maximum atomic E-state index is 12.5. The Balaban J connectivity index is 1.27. The number of aryl methyl sites for hydroxylation is 1. The molecule has 29 heavy (non-hydrogen) atoms. The lowest BCUT2D eigenvalue weighted by Gasteiger charge is -2.49. The van der Waals surface area contributed by atoms with Gasteiger partial charge in [0.2, 0.25) is 0 Å². The number of carbonyl (C=O) groups excluding carboxylic acids is 1. The van der Waals surface area contributed by atoms with Crippen LogP contribution in [0, 0.1) is 11.8 Å². The molecule has 1 amide bonds. The highest BCUT2D eigenvalue weighted by Gasteiger charge is 2.52. The Morgan fingerprint density at radius 3 is 2.86 bits per heavy atom. The fourth-order valence-electron chi connectivity index (χ4n) is 6.17. The third-order valence-corrected chi connectivity index (χ3v) is 7.51. The van der Waals surface area contributed by atoms with Crippen molar-refractivity contribution in [2.24, 2.45) is 11.8 Å². The van der Waals surface area contributed by atoms with Gasteiger partial charge >= 0.3 is 6.09 Å². The SMILES string of the molecule is CCCC[C@H]1C2CC(OC(=O)NCCCc3ccccc3)C(C2)[C@H]2CCCCN21. The van der Waals surface area contributed by atoms with E-state index in [0.717, 1.165) is 31.2 Å². The molecule has 4 heteroatoms. The number of benzene rings is 1. The first kappa shape index (κ1) is 20.7. The average Bonchev–Trinajstić information content (AvgIpc) is 3.11. The topological polar surface area (TPSA) is 41.6 Å².